The van der Waals surface area contributed by atoms with Crippen molar-refractivity contribution in [2.75, 3.05) is 20.3 Å². The Morgan fingerprint density at radius 1 is 1.28 bits per heavy atom. The van der Waals surface area contributed by atoms with Crippen LogP contribution in [0.4, 0.5) is 0 Å². The zero-order valence-electron chi connectivity index (χ0n) is 11.5. The highest BCUT2D eigenvalue weighted by atomic mass is 16.5. The number of methoxy groups -OCH3 is 1. The van der Waals surface area contributed by atoms with Gasteiger partial charge >= 0.3 is 0 Å². The smallest absolute Gasteiger partial charge is 0.249 e. The number of nitrogens with zero attached hydrogens (tertiary/aromatic N) is 1. The lowest BCUT2D eigenvalue weighted by Crippen LogP contribution is -2.29. The van der Waals surface area contributed by atoms with E-state index in [1.165, 1.54) is 25.7 Å². The van der Waals surface area contributed by atoms with E-state index in [1.807, 2.05) is 0 Å². The Kier molecular flexibility index (Phi) is 7.41. The van der Waals surface area contributed by atoms with Crippen LogP contribution in [0.2, 0.25) is 0 Å². The van der Waals surface area contributed by atoms with Gasteiger partial charge in [-0.2, -0.15) is 0 Å². The molecule has 1 fully saturated rings. The van der Waals surface area contributed by atoms with E-state index in [-0.39, 0.29) is 11.9 Å². The zero-order valence-corrected chi connectivity index (χ0v) is 11.5. The number of hydrogen-bond acceptors (Lipinski definition) is 3. The molecule has 5 nitrogen and oxygen atoms in total. The van der Waals surface area contributed by atoms with Crippen LogP contribution in [0.5, 0.6) is 0 Å². The molecule has 0 spiro atoms. The summed E-state index contributed by atoms with van der Waals surface area (Å²) in [6.45, 7) is 3.35. The molecular weight excluding hydrogens is 230 g/mol. The van der Waals surface area contributed by atoms with Crippen LogP contribution in [0.1, 0.15) is 45.4 Å². The SMILES string of the molecule is CCCCCCCC1NC(=NCCOC)NC1=O. The average Bonchev–Trinajstić information content (AvgIpc) is 2.70. The summed E-state index contributed by atoms with van der Waals surface area (Å²) in [6, 6.07) is -0.104. The predicted octanol–water partition coefficient (Wildman–Crippen LogP) is 1.44. The minimum atomic E-state index is -0.104. The van der Waals surface area contributed by atoms with Crippen LogP contribution in [-0.2, 0) is 9.53 Å². The quantitative estimate of drug-likeness (QED) is 0.613. The first-order valence-corrected chi connectivity index (χ1v) is 6.88. The average molecular weight is 255 g/mol. The highest BCUT2D eigenvalue weighted by Crippen LogP contribution is 2.09. The summed E-state index contributed by atoms with van der Waals surface area (Å²) in [5.41, 5.74) is 0. The Morgan fingerprint density at radius 2 is 2.06 bits per heavy atom. The molecule has 1 heterocycles. The first-order chi connectivity index (χ1) is 8.77. The van der Waals surface area contributed by atoms with Gasteiger partial charge in [-0.3, -0.25) is 15.1 Å². The number of guanidine groups is 1. The van der Waals surface area contributed by atoms with Crippen LogP contribution >= 0.6 is 0 Å². The fourth-order valence-corrected chi connectivity index (χ4v) is 1.96. The second-order valence-electron chi connectivity index (χ2n) is 4.61. The van der Waals surface area contributed by atoms with E-state index in [0.29, 0.717) is 19.1 Å². The molecule has 0 aromatic rings. The monoisotopic (exact) mass is 255 g/mol. The molecule has 0 saturated carbocycles. The van der Waals surface area contributed by atoms with E-state index < -0.39 is 0 Å². The number of aliphatic imine (C=N–C) groups is 1. The highest BCUT2D eigenvalue weighted by molar-refractivity contribution is 6.06. The van der Waals surface area contributed by atoms with Crippen LogP contribution in [-0.4, -0.2) is 38.2 Å². The molecule has 0 aromatic heterocycles. The van der Waals surface area contributed by atoms with Gasteiger partial charge in [0.2, 0.25) is 5.91 Å². The molecule has 0 bridgehead atoms. The van der Waals surface area contributed by atoms with Crippen molar-refractivity contribution in [2.24, 2.45) is 4.99 Å². The number of hydrogen-bond donors (Lipinski definition) is 2. The lowest BCUT2D eigenvalue weighted by molar-refractivity contribution is -0.120. The number of ether oxygens (including phenoxy) is 1. The van der Waals surface area contributed by atoms with Gasteiger partial charge in [0.15, 0.2) is 5.96 Å². The lowest BCUT2D eigenvalue weighted by atomic mass is 10.1. The Balaban J connectivity index is 2.18. The van der Waals surface area contributed by atoms with Gasteiger partial charge in [0.1, 0.15) is 6.04 Å². The summed E-state index contributed by atoms with van der Waals surface area (Å²) in [7, 11) is 1.64. The Morgan fingerprint density at radius 3 is 2.78 bits per heavy atom. The molecule has 1 aliphatic heterocycles. The first-order valence-electron chi connectivity index (χ1n) is 6.88. The number of carbonyl (C=O) groups excluding carboxylic acids is 1. The van der Waals surface area contributed by atoms with E-state index in [2.05, 4.69) is 22.5 Å². The fraction of sp³-hybridized carbons (Fsp3) is 0.846. The molecule has 104 valence electrons. The molecule has 0 aliphatic carbocycles. The van der Waals surface area contributed by atoms with Gasteiger partial charge in [0.25, 0.3) is 0 Å². The molecule has 1 saturated heterocycles. The van der Waals surface area contributed by atoms with Gasteiger partial charge in [-0.25, -0.2) is 0 Å². The minimum absolute atomic E-state index is 0.0432. The van der Waals surface area contributed by atoms with Gasteiger partial charge in [-0.15, -0.1) is 0 Å². The van der Waals surface area contributed by atoms with Crippen molar-refractivity contribution in [1.82, 2.24) is 10.6 Å². The largest absolute Gasteiger partial charge is 0.383 e. The van der Waals surface area contributed by atoms with Gasteiger partial charge in [-0.1, -0.05) is 39.0 Å². The Labute approximate surface area is 109 Å². The van der Waals surface area contributed by atoms with Gasteiger partial charge in [-0.05, 0) is 6.42 Å². The van der Waals surface area contributed by atoms with Crippen molar-refractivity contribution in [3.8, 4) is 0 Å². The summed E-state index contributed by atoms with van der Waals surface area (Å²) in [4.78, 5) is 15.9. The van der Waals surface area contributed by atoms with Crippen LogP contribution < -0.4 is 10.6 Å². The third kappa shape index (κ3) is 5.49. The highest BCUT2D eigenvalue weighted by Gasteiger charge is 2.27. The summed E-state index contributed by atoms with van der Waals surface area (Å²) >= 11 is 0. The molecule has 5 heteroatoms. The van der Waals surface area contributed by atoms with Crippen LogP contribution in [0.15, 0.2) is 4.99 Å². The molecule has 2 N–H and O–H groups in total. The van der Waals surface area contributed by atoms with Crippen molar-refractivity contribution < 1.29 is 9.53 Å². The summed E-state index contributed by atoms with van der Waals surface area (Å²) < 4.78 is 4.91. The molecule has 1 unspecified atom stereocenters. The van der Waals surface area contributed by atoms with Crippen LogP contribution in [0.3, 0.4) is 0 Å². The van der Waals surface area contributed by atoms with E-state index in [4.69, 9.17) is 4.74 Å². The molecule has 1 atom stereocenters. The maximum Gasteiger partial charge on any atom is 0.249 e. The third-order valence-corrected chi connectivity index (χ3v) is 3.03. The molecular formula is C13H25N3O2. The van der Waals surface area contributed by atoms with E-state index in [0.717, 1.165) is 12.8 Å². The van der Waals surface area contributed by atoms with Crippen LogP contribution in [0.25, 0.3) is 0 Å². The van der Waals surface area contributed by atoms with E-state index >= 15 is 0 Å². The Bertz CT molecular complexity index is 279. The lowest BCUT2D eigenvalue weighted by Gasteiger charge is -2.07. The van der Waals surface area contributed by atoms with Crippen molar-refractivity contribution in [1.29, 1.82) is 0 Å². The number of amides is 1. The Hall–Kier alpha value is -1.10. The maximum absolute atomic E-state index is 11.7. The number of nitrogens with one attached hydrogen (secondary N) is 2. The first kappa shape index (κ1) is 15.0. The third-order valence-electron chi connectivity index (χ3n) is 3.03. The van der Waals surface area contributed by atoms with Crippen LogP contribution in [0, 0.1) is 0 Å². The van der Waals surface area contributed by atoms with Gasteiger partial charge in [0.05, 0.1) is 13.2 Å². The second-order valence-corrected chi connectivity index (χ2v) is 4.61. The molecule has 1 aliphatic rings. The van der Waals surface area contributed by atoms with Crippen molar-refractivity contribution >= 4 is 11.9 Å². The normalized spacial score (nSPS) is 21.1. The molecule has 0 radical (unpaired) electrons. The maximum atomic E-state index is 11.7. The van der Waals surface area contributed by atoms with Gasteiger partial charge < -0.3 is 10.1 Å². The van der Waals surface area contributed by atoms with Crippen molar-refractivity contribution in [3.63, 3.8) is 0 Å². The van der Waals surface area contributed by atoms with Gasteiger partial charge in [0, 0.05) is 7.11 Å². The molecule has 1 rings (SSSR count). The summed E-state index contributed by atoms with van der Waals surface area (Å²) in [5.74, 6) is 0.636. The molecule has 18 heavy (non-hydrogen) atoms. The topological polar surface area (TPSA) is 62.7 Å². The number of carbonyl (C=O) groups is 1. The second kappa shape index (κ2) is 8.91. The standard InChI is InChI=1S/C13H25N3O2/c1-3-4-5-6-7-8-11-12(17)16-13(15-11)14-9-10-18-2/h11H,3-10H2,1-2H3,(H2,14,15,16,17). The van der Waals surface area contributed by atoms with Crippen molar-refractivity contribution in [3.05, 3.63) is 0 Å². The number of unbranched alkanes of at least 4 members (excludes halogenated alkanes) is 4. The molecule has 1 amide bonds. The summed E-state index contributed by atoms with van der Waals surface area (Å²) in [6.07, 6.45) is 6.98. The van der Waals surface area contributed by atoms with Crippen molar-refractivity contribution in [2.45, 2.75) is 51.5 Å². The minimum Gasteiger partial charge on any atom is -0.383 e. The van der Waals surface area contributed by atoms with E-state index in [1.54, 1.807) is 7.11 Å². The zero-order chi connectivity index (χ0) is 13.2. The molecule has 0 aromatic carbocycles. The predicted molar refractivity (Wildman–Crippen MR) is 72.6 cm³/mol. The summed E-state index contributed by atoms with van der Waals surface area (Å²) in [5, 5.41) is 5.88. The fourth-order valence-electron chi connectivity index (χ4n) is 1.96. The number of rotatable bonds is 9. The van der Waals surface area contributed by atoms with E-state index in [9.17, 15) is 4.79 Å².